The molecule has 1 aromatic heterocycles. The van der Waals surface area contributed by atoms with Crippen molar-refractivity contribution in [1.29, 1.82) is 5.26 Å². The molecule has 0 aromatic carbocycles. The smallest absolute Gasteiger partial charge is 0.0693 e. The van der Waals surface area contributed by atoms with Crippen molar-refractivity contribution in [2.24, 2.45) is 5.41 Å². The van der Waals surface area contributed by atoms with E-state index in [1.165, 1.54) is 28.6 Å². The van der Waals surface area contributed by atoms with E-state index >= 15 is 0 Å². The summed E-state index contributed by atoms with van der Waals surface area (Å²) in [6.45, 7) is 0. The van der Waals surface area contributed by atoms with Crippen LogP contribution in [0.15, 0.2) is 15.9 Å². The van der Waals surface area contributed by atoms with E-state index in [0.717, 1.165) is 19.3 Å². The van der Waals surface area contributed by atoms with Crippen LogP contribution in [0.25, 0.3) is 0 Å². The zero-order valence-electron chi connectivity index (χ0n) is 8.63. The molecule has 1 fully saturated rings. The van der Waals surface area contributed by atoms with Gasteiger partial charge in [-0.05, 0) is 40.2 Å². The normalized spacial score (nSPS) is 19.7. The molecule has 2 rings (SSSR count). The van der Waals surface area contributed by atoms with Crippen molar-refractivity contribution in [3.63, 3.8) is 0 Å². The highest BCUT2D eigenvalue weighted by atomic mass is 79.9. The first kappa shape index (κ1) is 11.2. The van der Waals surface area contributed by atoms with E-state index in [9.17, 15) is 5.26 Å². The summed E-state index contributed by atoms with van der Waals surface area (Å²) < 4.78 is 1.17. The number of hydrogen-bond acceptors (Lipinski definition) is 2. The predicted octanol–water partition coefficient (Wildman–Crippen LogP) is 4.53. The first-order chi connectivity index (χ1) is 7.26. The fraction of sp³-hybridized carbons (Fsp3) is 0.583. The van der Waals surface area contributed by atoms with Crippen LogP contribution in [-0.4, -0.2) is 0 Å². The number of hydrogen-bond donors (Lipinski definition) is 0. The monoisotopic (exact) mass is 283 g/mol. The van der Waals surface area contributed by atoms with Gasteiger partial charge >= 0.3 is 0 Å². The molecule has 0 bridgehead atoms. The Kier molecular flexibility index (Phi) is 3.48. The van der Waals surface area contributed by atoms with Gasteiger partial charge in [0.05, 0.1) is 11.5 Å². The Morgan fingerprint density at radius 3 is 2.67 bits per heavy atom. The maximum atomic E-state index is 9.37. The lowest BCUT2D eigenvalue weighted by Crippen LogP contribution is -2.24. The second-order valence-corrected chi connectivity index (χ2v) is 6.18. The minimum Gasteiger partial charge on any atom is -0.198 e. The second-order valence-electron chi connectivity index (χ2n) is 4.32. The van der Waals surface area contributed by atoms with Gasteiger partial charge in [0.25, 0.3) is 0 Å². The van der Waals surface area contributed by atoms with Crippen LogP contribution in [0, 0.1) is 16.7 Å². The minimum atomic E-state index is -0.0778. The molecule has 80 valence electrons. The van der Waals surface area contributed by atoms with Crippen LogP contribution in [-0.2, 0) is 6.42 Å². The van der Waals surface area contributed by atoms with Gasteiger partial charge in [-0.3, -0.25) is 0 Å². The third-order valence-corrected chi connectivity index (χ3v) is 5.16. The summed E-state index contributed by atoms with van der Waals surface area (Å²) in [5.41, 5.74) is -0.0778. The van der Waals surface area contributed by atoms with E-state index in [4.69, 9.17) is 0 Å². The van der Waals surface area contributed by atoms with Crippen LogP contribution in [0.1, 0.15) is 37.0 Å². The molecule has 0 atom stereocenters. The first-order valence-corrected chi connectivity index (χ1v) is 7.06. The fourth-order valence-corrected chi connectivity index (χ4v) is 3.95. The second kappa shape index (κ2) is 4.67. The summed E-state index contributed by atoms with van der Waals surface area (Å²) in [5.74, 6) is 0. The van der Waals surface area contributed by atoms with E-state index in [0.29, 0.717) is 0 Å². The molecule has 1 aromatic rings. The summed E-state index contributed by atoms with van der Waals surface area (Å²) in [6, 6.07) is 4.65. The molecule has 0 saturated heterocycles. The summed E-state index contributed by atoms with van der Waals surface area (Å²) in [5, 5.41) is 11.5. The minimum absolute atomic E-state index is 0.0778. The Morgan fingerprint density at radius 1 is 1.40 bits per heavy atom. The molecule has 15 heavy (non-hydrogen) atoms. The summed E-state index contributed by atoms with van der Waals surface area (Å²) in [7, 11) is 0. The Hall–Kier alpha value is -0.330. The third-order valence-electron chi connectivity index (χ3n) is 3.24. The van der Waals surface area contributed by atoms with Crippen LogP contribution in [0.3, 0.4) is 0 Å². The molecule has 0 radical (unpaired) electrons. The largest absolute Gasteiger partial charge is 0.198 e. The molecule has 1 aliphatic carbocycles. The van der Waals surface area contributed by atoms with E-state index < -0.39 is 0 Å². The molecule has 0 aliphatic heterocycles. The number of halogens is 1. The van der Waals surface area contributed by atoms with Crippen molar-refractivity contribution in [2.75, 3.05) is 0 Å². The van der Waals surface area contributed by atoms with Crippen molar-refractivity contribution in [3.05, 3.63) is 20.8 Å². The van der Waals surface area contributed by atoms with Gasteiger partial charge in [0.15, 0.2) is 0 Å². The molecule has 1 aliphatic rings. The van der Waals surface area contributed by atoms with E-state index in [-0.39, 0.29) is 5.41 Å². The lowest BCUT2D eigenvalue weighted by atomic mass is 9.73. The molecule has 1 saturated carbocycles. The molecule has 0 N–H and O–H groups in total. The van der Waals surface area contributed by atoms with Crippen LogP contribution in [0.2, 0.25) is 0 Å². The first-order valence-electron chi connectivity index (χ1n) is 5.39. The van der Waals surface area contributed by atoms with E-state index in [2.05, 4.69) is 33.4 Å². The van der Waals surface area contributed by atoms with Crippen LogP contribution in [0.4, 0.5) is 0 Å². The van der Waals surface area contributed by atoms with Crippen molar-refractivity contribution < 1.29 is 0 Å². The van der Waals surface area contributed by atoms with Gasteiger partial charge in [-0.2, -0.15) is 5.26 Å². The highest BCUT2D eigenvalue weighted by Crippen LogP contribution is 2.41. The van der Waals surface area contributed by atoms with Crippen molar-refractivity contribution in [2.45, 2.75) is 38.5 Å². The molecule has 0 amide bonds. The molecule has 1 nitrogen and oxygen atoms in total. The molecule has 0 unspecified atom stereocenters. The van der Waals surface area contributed by atoms with Gasteiger partial charge in [-0.25, -0.2) is 0 Å². The summed E-state index contributed by atoms with van der Waals surface area (Å²) in [4.78, 5) is 1.33. The maximum absolute atomic E-state index is 9.37. The molecule has 3 heteroatoms. The lowest BCUT2D eigenvalue weighted by molar-refractivity contribution is 0.267. The van der Waals surface area contributed by atoms with Crippen LogP contribution < -0.4 is 0 Å². The van der Waals surface area contributed by atoms with Gasteiger partial charge in [0.2, 0.25) is 0 Å². The van der Waals surface area contributed by atoms with Crippen LogP contribution in [0.5, 0.6) is 0 Å². The highest BCUT2D eigenvalue weighted by Gasteiger charge is 2.33. The van der Waals surface area contributed by atoms with Crippen molar-refractivity contribution in [1.82, 2.24) is 0 Å². The van der Waals surface area contributed by atoms with E-state index in [1.54, 1.807) is 11.3 Å². The van der Waals surface area contributed by atoms with Crippen molar-refractivity contribution >= 4 is 27.3 Å². The van der Waals surface area contributed by atoms with Gasteiger partial charge in [0, 0.05) is 15.8 Å². The predicted molar refractivity (Wildman–Crippen MR) is 66.9 cm³/mol. The number of nitrogens with zero attached hydrogens (tertiary/aromatic N) is 1. The average Bonchev–Trinajstić information content (AvgIpc) is 2.66. The third kappa shape index (κ3) is 2.43. The number of rotatable bonds is 2. The molecular formula is C12H14BrNS. The van der Waals surface area contributed by atoms with E-state index in [1.807, 2.05) is 0 Å². The van der Waals surface area contributed by atoms with Gasteiger partial charge in [-0.1, -0.05) is 19.3 Å². The fourth-order valence-electron chi connectivity index (χ4n) is 2.32. The van der Waals surface area contributed by atoms with Crippen LogP contribution >= 0.6 is 27.3 Å². The Labute approximate surface area is 103 Å². The van der Waals surface area contributed by atoms with Gasteiger partial charge in [0.1, 0.15) is 0 Å². The topological polar surface area (TPSA) is 23.8 Å². The van der Waals surface area contributed by atoms with Gasteiger partial charge < -0.3 is 0 Å². The molecule has 1 heterocycles. The molecular weight excluding hydrogens is 270 g/mol. The quantitative estimate of drug-likeness (QED) is 0.783. The number of nitriles is 1. The summed E-state index contributed by atoms with van der Waals surface area (Å²) >= 11 is 5.31. The van der Waals surface area contributed by atoms with Crippen molar-refractivity contribution in [3.8, 4) is 6.07 Å². The maximum Gasteiger partial charge on any atom is 0.0693 e. The average molecular weight is 284 g/mol. The summed E-state index contributed by atoms with van der Waals surface area (Å²) in [6.07, 6.45) is 6.82. The number of thiophene rings is 1. The Bertz CT molecular complexity index is 371. The zero-order valence-corrected chi connectivity index (χ0v) is 11.0. The SMILES string of the molecule is N#CC1(Cc2sccc2Br)CCCCC1. The Balaban J connectivity index is 2.15. The molecule has 0 spiro atoms. The zero-order chi connectivity index (χ0) is 10.7. The standard InChI is InChI=1S/C12H14BrNS/c13-10-4-7-15-11(10)8-12(9-14)5-2-1-3-6-12/h4,7H,1-3,5-6,8H2. The lowest BCUT2D eigenvalue weighted by Gasteiger charge is -2.30. The Morgan fingerprint density at radius 2 is 2.13 bits per heavy atom. The highest BCUT2D eigenvalue weighted by molar-refractivity contribution is 9.10. The van der Waals surface area contributed by atoms with Gasteiger partial charge in [-0.15, -0.1) is 11.3 Å².